The Bertz CT molecular complexity index is 498. The molecule has 0 saturated heterocycles. The molecule has 0 fully saturated rings. The van der Waals surface area contributed by atoms with Crippen LogP contribution in [-0.2, 0) is 19.1 Å². The molecule has 0 aliphatic carbocycles. The number of nitrogens with zero attached hydrogens (tertiary/aromatic N) is 2. The van der Waals surface area contributed by atoms with Gasteiger partial charge in [0.1, 0.15) is 0 Å². The van der Waals surface area contributed by atoms with Crippen LogP contribution in [0.2, 0.25) is 0 Å². The van der Waals surface area contributed by atoms with Crippen LogP contribution in [0.1, 0.15) is 33.1 Å². The Morgan fingerprint density at radius 3 is 1.31 bits per heavy atom. The Kier molecular flexibility index (Phi) is 21.8. The molecule has 0 N–H and O–H groups in total. The first-order valence-electron chi connectivity index (χ1n) is 9.42. The number of halogens is 2. The molecular formula is C21H42FIN2O4. The Morgan fingerprint density at radius 1 is 0.690 bits per heavy atom. The van der Waals surface area contributed by atoms with E-state index in [0.717, 1.165) is 41.3 Å². The fourth-order valence-corrected chi connectivity index (χ4v) is 1.80. The molecule has 0 amide bonds. The predicted octanol–water partition coefficient (Wildman–Crippen LogP) is -3.20. The minimum atomic E-state index is -0.290. The molecule has 0 rings (SSSR count). The minimum absolute atomic E-state index is 0. The minimum Gasteiger partial charge on any atom is -1.00 e. The van der Waals surface area contributed by atoms with Crippen LogP contribution >= 0.6 is 0 Å². The lowest BCUT2D eigenvalue weighted by Crippen LogP contribution is -3.00. The number of quaternary nitrogens is 2. The summed E-state index contributed by atoms with van der Waals surface area (Å²) in [6, 6.07) is 0. The van der Waals surface area contributed by atoms with Gasteiger partial charge in [-0.15, -0.1) is 0 Å². The van der Waals surface area contributed by atoms with Crippen molar-refractivity contribution < 1.29 is 56.7 Å². The van der Waals surface area contributed by atoms with E-state index in [1.165, 1.54) is 0 Å². The standard InChI is InChI=1S/C11H22NO2.C10H20NO2.FH.HI/c1-10(2)11(13)14-9-7-6-8-12(3,4)5;1-9(2)10(12)13-8-6-7-11(3,4)5;;/h1,6-9H2,2-5H3;1,6-8H2,2-5H3;2*1H/q2*+1;;/p-2. The second-order valence-electron chi connectivity index (χ2n) is 8.92. The van der Waals surface area contributed by atoms with E-state index in [1.54, 1.807) is 13.8 Å². The van der Waals surface area contributed by atoms with Gasteiger partial charge in [0.25, 0.3) is 0 Å². The summed E-state index contributed by atoms with van der Waals surface area (Å²) in [6.45, 7) is 13.4. The number of ether oxygens (including phenoxy) is 2. The number of esters is 2. The van der Waals surface area contributed by atoms with Gasteiger partial charge in [-0.2, -0.15) is 0 Å². The molecule has 0 aliphatic heterocycles. The molecule has 6 nitrogen and oxygen atoms in total. The highest BCUT2D eigenvalue weighted by Crippen LogP contribution is 2.00. The Morgan fingerprint density at radius 2 is 1.00 bits per heavy atom. The molecular weight excluding hydrogens is 490 g/mol. The average Bonchev–Trinajstić information content (AvgIpc) is 2.49. The SMILES string of the molecule is C=C(C)C(=O)OCCCC[N+](C)(C)C.C=C(C)C(=O)OCCC[N+](C)(C)C.[F-].[I-]. The van der Waals surface area contributed by atoms with Gasteiger partial charge in [0, 0.05) is 17.6 Å². The smallest absolute Gasteiger partial charge is 0.333 e. The number of rotatable bonds is 11. The van der Waals surface area contributed by atoms with Crippen molar-refractivity contribution >= 4 is 11.9 Å². The van der Waals surface area contributed by atoms with E-state index >= 15 is 0 Å². The molecule has 174 valence electrons. The van der Waals surface area contributed by atoms with E-state index in [4.69, 9.17) is 9.47 Å². The first-order valence-corrected chi connectivity index (χ1v) is 9.42. The van der Waals surface area contributed by atoms with Crippen molar-refractivity contribution in [2.24, 2.45) is 0 Å². The van der Waals surface area contributed by atoms with Crippen molar-refractivity contribution in [3.8, 4) is 0 Å². The molecule has 0 aromatic heterocycles. The molecule has 0 aliphatic rings. The quantitative estimate of drug-likeness (QED) is 0.0926. The largest absolute Gasteiger partial charge is 1.00 e. The Hall–Kier alpha value is -1.00. The van der Waals surface area contributed by atoms with Gasteiger partial charge < -0.3 is 47.1 Å². The number of hydrogen-bond acceptors (Lipinski definition) is 4. The molecule has 0 atom stereocenters. The van der Waals surface area contributed by atoms with Gasteiger partial charge in [-0.05, 0) is 26.7 Å². The molecule has 29 heavy (non-hydrogen) atoms. The Labute approximate surface area is 194 Å². The zero-order valence-corrected chi connectivity index (χ0v) is 21.8. The highest BCUT2D eigenvalue weighted by Gasteiger charge is 2.08. The van der Waals surface area contributed by atoms with Crippen LogP contribution in [0.25, 0.3) is 0 Å². The van der Waals surface area contributed by atoms with E-state index in [-0.39, 0.29) is 40.6 Å². The maximum Gasteiger partial charge on any atom is 0.333 e. The summed E-state index contributed by atoms with van der Waals surface area (Å²) in [5.74, 6) is -0.573. The fraction of sp³-hybridized carbons (Fsp3) is 0.714. The number of hydrogen-bond donors (Lipinski definition) is 0. The van der Waals surface area contributed by atoms with Crippen molar-refractivity contribution in [3.05, 3.63) is 24.3 Å². The summed E-state index contributed by atoms with van der Waals surface area (Å²) in [5.41, 5.74) is 0.932. The van der Waals surface area contributed by atoms with E-state index in [1.807, 2.05) is 0 Å². The first-order chi connectivity index (χ1) is 12.2. The average molecular weight is 532 g/mol. The van der Waals surface area contributed by atoms with E-state index in [0.29, 0.717) is 24.4 Å². The van der Waals surface area contributed by atoms with Crippen LogP contribution in [0.5, 0.6) is 0 Å². The van der Waals surface area contributed by atoms with Crippen LogP contribution in [-0.4, -0.2) is 89.5 Å². The van der Waals surface area contributed by atoms with Crippen LogP contribution in [0.3, 0.4) is 0 Å². The Balaban J connectivity index is -0.000000202. The summed E-state index contributed by atoms with van der Waals surface area (Å²) >= 11 is 0. The van der Waals surface area contributed by atoms with Gasteiger partial charge in [0.15, 0.2) is 0 Å². The van der Waals surface area contributed by atoms with Gasteiger partial charge in [-0.25, -0.2) is 9.59 Å². The third kappa shape index (κ3) is 29.3. The highest BCUT2D eigenvalue weighted by molar-refractivity contribution is 5.87. The lowest BCUT2D eigenvalue weighted by Gasteiger charge is -2.23. The zero-order chi connectivity index (χ0) is 21.7. The van der Waals surface area contributed by atoms with Crippen LogP contribution < -0.4 is 28.7 Å². The van der Waals surface area contributed by atoms with Crippen LogP contribution in [0.4, 0.5) is 0 Å². The summed E-state index contributed by atoms with van der Waals surface area (Å²) in [4.78, 5) is 21.9. The van der Waals surface area contributed by atoms with Crippen molar-refractivity contribution in [1.82, 2.24) is 0 Å². The van der Waals surface area contributed by atoms with Crippen molar-refractivity contribution in [2.45, 2.75) is 33.1 Å². The summed E-state index contributed by atoms with van der Waals surface area (Å²) in [6.07, 6.45) is 2.89. The van der Waals surface area contributed by atoms with E-state index < -0.39 is 0 Å². The third-order valence-electron chi connectivity index (χ3n) is 3.36. The molecule has 0 unspecified atom stereocenters. The van der Waals surface area contributed by atoms with Gasteiger partial charge in [-0.3, -0.25) is 0 Å². The van der Waals surface area contributed by atoms with Crippen molar-refractivity contribution in [3.63, 3.8) is 0 Å². The summed E-state index contributed by atoms with van der Waals surface area (Å²) in [7, 11) is 12.8. The maximum absolute atomic E-state index is 11.0. The normalized spacial score (nSPS) is 10.3. The molecule has 0 aromatic carbocycles. The second kappa shape index (κ2) is 17.8. The number of carbonyl (C=O) groups is 2. The lowest BCUT2D eigenvalue weighted by molar-refractivity contribution is -0.870. The fourth-order valence-electron chi connectivity index (χ4n) is 1.80. The molecule has 0 radical (unpaired) electrons. The molecule has 0 bridgehead atoms. The van der Waals surface area contributed by atoms with E-state index in [9.17, 15) is 9.59 Å². The molecule has 0 heterocycles. The summed E-state index contributed by atoms with van der Waals surface area (Å²) in [5, 5.41) is 0. The molecule has 8 heteroatoms. The molecule has 0 aromatic rings. The predicted molar refractivity (Wildman–Crippen MR) is 111 cm³/mol. The molecule has 0 saturated carbocycles. The monoisotopic (exact) mass is 532 g/mol. The van der Waals surface area contributed by atoms with Crippen LogP contribution in [0.15, 0.2) is 24.3 Å². The second-order valence-corrected chi connectivity index (χ2v) is 8.92. The number of carbonyl (C=O) groups excluding carboxylic acids is 2. The van der Waals surface area contributed by atoms with Gasteiger partial charge in [0.05, 0.1) is 68.6 Å². The van der Waals surface area contributed by atoms with E-state index in [2.05, 4.69) is 55.4 Å². The number of unbranched alkanes of at least 4 members (excludes halogenated alkanes) is 1. The van der Waals surface area contributed by atoms with Gasteiger partial charge in [0.2, 0.25) is 0 Å². The summed E-state index contributed by atoms with van der Waals surface area (Å²) < 4.78 is 11.8. The van der Waals surface area contributed by atoms with Gasteiger partial charge >= 0.3 is 11.9 Å². The van der Waals surface area contributed by atoms with Gasteiger partial charge in [-0.1, -0.05) is 13.2 Å². The third-order valence-corrected chi connectivity index (χ3v) is 3.36. The van der Waals surface area contributed by atoms with Crippen LogP contribution in [0, 0.1) is 0 Å². The topological polar surface area (TPSA) is 52.6 Å². The van der Waals surface area contributed by atoms with Crippen molar-refractivity contribution in [2.75, 3.05) is 68.6 Å². The highest BCUT2D eigenvalue weighted by atomic mass is 127. The zero-order valence-electron chi connectivity index (χ0n) is 19.6. The first kappa shape index (κ1) is 35.4. The maximum atomic E-state index is 11.0. The lowest BCUT2D eigenvalue weighted by atomic mass is 10.3. The molecule has 0 spiro atoms. The van der Waals surface area contributed by atoms with Crippen molar-refractivity contribution in [1.29, 1.82) is 0 Å².